The topological polar surface area (TPSA) is 72.6 Å². The minimum Gasteiger partial charge on any atom is -0.495 e. The van der Waals surface area contributed by atoms with Crippen LogP contribution in [0.1, 0.15) is 37.0 Å². The third-order valence-electron chi connectivity index (χ3n) is 7.03. The van der Waals surface area contributed by atoms with E-state index in [9.17, 15) is 26.3 Å². The van der Waals surface area contributed by atoms with E-state index in [-0.39, 0.29) is 12.2 Å². The van der Waals surface area contributed by atoms with Gasteiger partial charge in [-0.25, -0.2) is 0 Å². The summed E-state index contributed by atoms with van der Waals surface area (Å²) < 4.78 is 76.9. The molecule has 5 N–H and O–H groups in total. The lowest BCUT2D eigenvalue weighted by atomic mass is 10.1. The number of halogens is 6. The first-order valence-corrected chi connectivity index (χ1v) is 15.3. The third kappa shape index (κ3) is 14.9. The van der Waals surface area contributed by atoms with Crippen molar-refractivity contribution in [3.8, 4) is 0 Å². The van der Waals surface area contributed by atoms with Gasteiger partial charge < -0.3 is 36.2 Å². The molecule has 13 heteroatoms. The number of rotatable bonds is 17. The molecule has 0 saturated heterocycles. The first-order chi connectivity index (χ1) is 22.5. The molecule has 7 nitrogen and oxygen atoms in total. The molecule has 2 unspecified atom stereocenters. The Morgan fingerprint density at radius 1 is 1.00 bits per heavy atom. The van der Waals surface area contributed by atoms with Crippen molar-refractivity contribution in [2.45, 2.75) is 52.3 Å². The van der Waals surface area contributed by atoms with Crippen molar-refractivity contribution in [2.24, 2.45) is 5.92 Å². The molecule has 0 spiro atoms. The molecule has 2 aromatic carbocycles. The zero-order chi connectivity index (χ0) is 35.9. The molecule has 0 bridgehead atoms. The van der Waals surface area contributed by atoms with Gasteiger partial charge in [-0.2, -0.15) is 26.3 Å². The van der Waals surface area contributed by atoms with Crippen LogP contribution in [-0.2, 0) is 17.5 Å². The van der Waals surface area contributed by atoms with Crippen molar-refractivity contribution in [3.05, 3.63) is 127 Å². The number of nitrogens with one attached hydrogen (secondary N) is 5. The summed E-state index contributed by atoms with van der Waals surface area (Å²) in [7, 11) is 0. The zero-order valence-electron chi connectivity index (χ0n) is 27.6. The van der Waals surface area contributed by atoms with E-state index in [1.54, 1.807) is 0 Å². The molecule has 0 fully saturated rings. The number of alkyl halides is 6. The SMILES string of the molecule is C=C(NC1=CN(Cc2ccc(C(F)(F)F)cc2)C(C(=C)NCCOC(=C)CNCC(C)CC)N1)Nc1ccc(C)cc1.C=CC(F)(F)F. The Hall–Kier alpha value is -4.52. The van der Waals surface area contributed by atoms with Gasteiger partial charge in [0.15, 0.2) is 0 Å². The summed E-state index contributed by atoms with van der Waals surface area (Å²) >= 11 is 0. The molecule has 1 aliphatic rings. The molecule has 2 atom stereocenters. The van der Waals surface area contributed by atoms with Crippen molar-refractivity contribution < 1.29 is 31.1 Å². The van der Waals surface area contributed by atoms with Gasteiger partial charge in [0.05, 0.1) is 12.1 Å². The standard InChI is InChI=1S/C32H43F3N6O.C3H3F3/c1-7-22(2)18-36-19-24(4)42-17-16-37-25(5)31-40-30(39-26(6)38-29-14-8-23(3)9-15-29)21-41(31)20-27-10-12-28(13-11-27)32(33,34)35;1-2-3(4,5)6/h8-15,21-22,31,36-40H,4-7,16-20H2,1-3H3;2H,1H2. The molecule has 48 heavy (non-hydrogen) atoms. The summed E-state index contributed by atoms with van der Waals surface area (Å²) in [4.78, 5) is 1.96. The predicted molar refractivity (Wildman–Crippen MR) is 180 cm³/mol. The monoisotopic (exact) mass is 680 g/mol. The third-order valence-corrected chi connectivity index (χ3v) is 7.03. The molecule has 0 amide bonds. The number of hydrogen-bond acceptors (Lipinski definition) is 7. The lowest BCUT2D eigenvalue weighted by Gasteiger charge is -2.28. The van der Waals surface area contributed by atoms with Crippen molar-refractivity contribution in [3.63, 3.8) is 0 Å². The number of nitrogens with zero attached hydrogens (tertiary/aromatic N) is 1. The van der Waals surface area contributed by atoms with Gasteiger partial charge in [0.2, 0.25) is 0 Å². The second-order valence-corrected chi connectivity index (χ2v) is 11.3. The summed E-state index contributed by atoms with van der Waals surface area (Å²) in [6.45, 7) is 23.9. The summed E-state index contributed by atoms with van der Waals surface area (Å²) in [5.74, 6) is 2.48. The maximum atomic E-state index is 13.1. The largest absolute Gasteiger partial charge is 0.495 e. The smallest absolute Gasteiger partial charge is 0.416 e. The van der Waals surface area contributed by atoms with Crippen LogP contribution in [0.15, 0.2) is 110 Å². The van der Waals surface area contributed by atoms with E-state index in [2.05, 4.69) is 66.7 Å². The first kappa shape index (κ1) is 39.7. The lowest BCUT2D eigenvalue weighted by Crippen LogP contribution is -2.43. The van der Waals surface area contributed by atoms with Crippen LogP contribution in [-0.4, -0.2) is 43.5 Å². The highest BCUT2D eigenvalue weighted by molar-refractivity contribution is 5.48. The van der Waals surface area contributed by atoms with Crippen LogP contribution in [0.25, 0.3) is 0 Å². The summed E-state index contributed by atoms with van der Waals surface area (Å²) in [6, 6.07) is 13.1. The van der Waals surface area contributed by atoms with Gasteiger partial charge in [0.25, 0.3) is 0 Å². The van der Waals surface area contributed by atoms with Gasteiger partial charge in [-0.15, -0.1) is 0 Å². The minimum atomic E-state index is -4.38. The second-order valence-electron chi connectivity index (χ2n) is 11.3. The molecule has 0 radical (unpaired) electrons. The summed E-state index contributed by atoms with van der Waals surface area (Å²) in [5.41, 5.74) is 2.76. The quantitative estimate of drug-likeness (QED) is 0.0508. The molecule has 1 aliphatic heterocycles. The van der Waals surface area contributed by atoms with Crippen molar-refractivity contribution in [2.75, 3.05) is 31.6 Å². The fourth-order valence-corrected chi connectivity index (χ4v) is 4.17. The van der Waals surface area contributed by atoms with Gasteiger partial charge in [-0.3, -0.25) is 0 Å². The van der Waals surface area contributed by atoms with Crippen LogP contribution in [0, 0.1) is 12.8 Å². The van der Waals surface area contributed by atoms with Crippen molar-refractivity contribution in [1.82, 2.24) is 26.2 Å². The molecular formula is C35H46F6N6O. The van der Waals surface area contributed by atoms with E-state index in [4.69, 9.17) is 4.74 Å². The molecule has 264 valence electrons. The Balaban J connectivity index is 0.00000122. The molecule has 2 aromatic rings. The van der Waals surface area contributed by atoms with Crippen LogP contribution in [0.2, 0.25) is 0 Å². The van der Waals surface area contributed by atoms with E-state index in [0.717, 1.165) is 41.9 Å². The maximum absolute atomic E-state index is 13.1. The van der Waals surface area contributed by atoms with Crippen LogP contribution in [0.5, 0.6) is 0 Å². The molecular weight excluding hydrogens is 634 g/mol. The highest BCUT2D eigenvalue weighted by Gasteiger charge is 2.31. The fourth-order valence-electron chi connectivity index (χ4n) is 4.17. The van der Waals surface area contributed by atoms with Gasteiger partial charge >= 0.3 is 12.4 Å². The second kappa shape index (κ2) is 18.7. The Labute approximate surface area is 279 Å². The van der Waals surface area contributed by atoms with E-state index in [1.807, 2.05) is 42.3 Å². The zero-order valence-corrected chi connectivity index (χ0v) is 27.6. The Morgan fingerprint density at radius 2 is 1.62 bits per heavy atom. The molecule has 0 aliphatic carbocycles. The van der Waals surface area contributed by atoms with Crippen molar-refractivity contribution in [1.29, 1.82) is 0 Å². The highest BCUT2D eigenvalue weighted by Crippen LogP contribution is 2.29. The lowest BCUT2D eigenvalue weighted by molar-refractivity contribution is -0.137. The van der Waals surface area contributed by atoms with Gasteiger partial charge in [0, 0.05) is 36.7 Å². The average Bonchev–Trinajstić information content (AvgIpc) is 3.41. The highest BCUT2D eigenvalue weighted by atomic mass is 19.4. The van der Waals surface area contributed by atoms with E-state index in [0.29, 0.717) is 55.3 Å². The predicted octanol–water partition coefficient (Wildman–Crippen LogP) is 7.72. The van der Waals surface area contributed by atoms with E-state index < -0.39 is 17.9 Å². The number of benzene rings is 2. The van der Waals surface area contributed by atoms with Gasteiger partial charge in [-0.1, -0.05) is 76.4 Å². The van der Waals surface area contributed by atoms with E-state index in [1.165, 1.54) is 12.1 Å². The maximum Gasteiger partial charge on any atom is 0.416 e. The Bertz CT molecular complexity index is 1370. The molecule has 1 heterocycles. The molecule has 0 aromatic heterocycles. The first-order valence-electron chi connectivity index (χ1n) is 15.3. The molecule has 0 saturated carbocycles. The van der Waals surface area contributed by atoms with Crippen LogP contribution in [0.4, 0.5) is 32.0 Å². The normalized spacial score (nSPS) is 14.8. The fraction of sp³-hybridized carbons (Fsp3) is 0.371. The minimum absolute atomic E-state index is 0.0625. The Morgan fingerprint density at radius 3 is 2.19 bits per heavy atom. The van der Waals surface area contributed by atoms with Crippen molar-refractivity contribution >= 4 is 5.69 Å². The number of hydrogen-bond donors (Lipinski definition) is 5. The number of anilines is 1. The van der Waals surface area contributed by atoms with Gasteiger partial charge in [0.1, 0.15) is 30.2 Å². The van der Waals surface area contributed by atoms with Crippen LogP contribution >= 0.6 is 0 Å². The number of ether oxygens (including phenoxy) is 1. The molecule has 3 rings (SSSR count). The number of aryl methyl sites for hydroxylation is 1. The van der Waals surface area contributed by atoms with Crippen LogP contribution < -0.4 is 26.6 Å². The van der Waals surface area contributed by atoms with Crippen LogP contribution in [0.3, 0.4) is 0 Å². The summed E-state index contributed by atoms with van der Waals surface area (Å²) in [6.07, 6.45) is -6.04. The number of allylic oxidation sites excluding steroid dienone is 1. The Kier molecular flexibility index (Phi) is 15.5. The van der Waals surface area contributed by atoms with E-state index >= 15 is 0 Å². The van der Waals surface area contributed by atoms with Gasteiger partial charge in [-0.05, 0) is 49.2 Å². The summed E-state index contributed by atoms with van der Waals surface area (Å²) in [5, 5.41) is 16.5. The average molecular weight is 681 g/mol.